The first kappa shape index (κ1) is 20.0. The molecule has 3 N–H and O–H groups in total. The summed E-state index contributed by atoms with van der Waals surface area (Å²) in [5.74, 6) is 1.60. The molecule has 0 fully saturated rings. The molecule has 0 saturated heterocycles. The average Bonchev–Trinajstić information content (AvgIpc) is 2.62. The minimum absolute atomic E-state index is 0.0287. The summed E-state index contributed by atoms with van der Waals surface area (Å²) in [5.41, 5.74) is 3.30. The van der Waals surface area contributed by atoms with Gasteiger partial charge in [0, 0.05) is 11.5 Å². The largest absolute Gasteiger partial charge is 0.495 e. The summed E-state index contributed by atoms with van der Waals surface area (Å²) in [6.07, 6.45) is 0. The van der Waals surface area contributed by atoms with Crippen LogP contribution in [0.15, 0.2) is 48.5 Å². The van der Waals surface area contributed by atoms with Crippen LogP contribution in [0.5, 0.6) is 5.75 Å². The third kappa shape index (κ3) is 5.33. The van der Waals surface area contributed by atoms with E-state index < -0.39 is 0 Å². The van der Waals surface area contributed by atoms with E-state index in [-0.39, 0.29) is 11.9 Å². The quantitative estimate of drug-likeness (QED) is 0.758. The zero-order chi connectivity index (χ0) is 19.1. The van der Waals surface area contributed by atoms with Crippen LogP contribution >= 0.6 is 0 Å². The Labute approximate surface area is 157 Å². The van der Waals surface area contributed by atoms with E-state index in [4.69, 9.17) is 4.74 Å². The summed E-state index contributed by atoms with van der Waals surface area (Å²) in [6.45, 7) is 9.14. The highest BCUT2D eigenvalue weighted by atomic mass is 16.5. The first-order chi connectivity index (χ1) is 12.4. The predicted molar refractivity (Wildman–Crippen MR) is 107 cm³/mol. The molecule has 1 amide bonds. The van der Waals surface area contributed by atoms with Crippen LogP contribution in [-0.2, 0) is 4.79 Å². The molecule has 0 aromatic heterocycles. The monoisotopic (exact) mass is 355 g/mol. The number of nitrogens with one attached hydrogen (secondary N) is 1. The van der Waals surface area contributed by atoms with Gasteiger partial charge < -0.3 is 15.4 Å². The van der Waals surface area contributed by atoms with E-state index in [1.807, 2.05) is 24.3 Å². The Morgan fingerprint density at radius 3 is 2.19 bits per heavy atom. The zero-order valence-corrected chi connectivity index (χ0v) is 16.5. The number of anilines is 1. The smallest absolute Gasteiger partial charge is 0.279 e. The van der Waals surface area contributed by atoms with E-state index in [2.05, 4.69) is 62.6 Å². The fourth-order valence-electron chi connectivity index (χ4n) is 3.08. The van der Waals surface area contributed by atoms with Gasteiger partial charge in [-0.25, -0.2) is 0 Å². The molecular weight excluding hydrogens is 324 g/mol. The van der Waals surface area contributed by atoms with E-state index in [1.165, 1.54) is 11.1 Å². The van der Waals surface area contributed by atoms with Gasteiger partial charge in [-0.2, -0.15) is 0 Å². The lowest BCUT2D eigenvalue weighted by atomic mass is 9.93. The van der Waals surface area contributed by atoms with Crippen molar-refractivity contribution in [3.63, 3.8) is 0 Å². The minimum Gasteiger partial charge on any atom is -0.495 e. The number of benzene rings is 2. The maximum absolute atomic E-state index is 12.4. The average molecular weight is 356 g/mol. The van der Waals surface area contributed by atoms with Crippen LogP contribution in [0.4, 0.5) is 5.69 Å². The maximum atomic E-state index is 12.4. The van der Waals surface area contributed by atoms with Crippen molar-refractivity contribution in [2.45, 2.75) is 39.7 Å². The molecule has 4 nitrogen and oxygen atoms in total. The fraction of sp³-hybridized carbons (Fsp3) is 0.409. The highest BCUT2D eigenvalue weighted by molar-refractivity contribution is 5.92. The van der Waals surface area contributed by atoms with Gasteiger partial charge in [-0.15, -0.1) is 0 Å². The van der Waals surface area contributed by atoms with Gasteiger partial charge in [-0.3, -0.25) is 4.79 Å². The van der Waals surface area contributed by atoms with Crippen molar-refractivity contribution in [3.05, 3.63) is 59.7 Å². The molecule has 0 aliphatic rings. The second-order valence-corrected chi connectivity index (χ2v) is 7.28. The Kier molecular flexibility index (Phi) is 7.22. The van der Waals surface area contributed by atoms with Crippen LogP contribution in [0.1, 0.15) is 50.8 Å². The molecular formula is C22H31N2O2+. The molecule has 4 heteroatoms. The molecule has 0 unspecified atom stereocenters. The van der Waals surface area contributed by atoms with Crippen molar-refractivity contribution in [3.8, 4) is 5.75 Å². The van der Waals surface area contributed by atoms with Crippen LogP contribution in [0, 0.1) is 5.92 Å². The number of methoxy groups -OCH3 is 1. The third-order valence-electron chi connectivity index (χ3n) is 4.64. The van der Waals surface area contributed by atoms with E-state index in [1.54, 1.807) is 7.11 Å². The molecule has 0 aliphatic carbocycles. The lowest BCUT2D eigenvalue weighted by molar-refractivity contribution is -0.692. The number of carbonyl (C=O) groups excluding carboxylic acids is 1. The SMILES string of the molecule is COc1ccccc1NC(=O)C[NH2+][C@@H](c1ccc(C(C)C)cc1)C(C)C. The molecule has 1 atom stereocenters. The Morgan fingerprint density at radius 1 is 1.00 bits per heavy atom. The molecule has 0 spiro atoms. The number of rotatable bonds is 8. The van der Waals surface area contributed by atoms with Gasteiger partial charge in [0.1, 0.15) is 11.8 Å². The van der Waals surface area contributed by atoms with Crippen molar-refractivity contribution in [2.75, 3.05) is 19.0 Å². The molecule has 2 aromatic carbocycles. The summed E-state index contributed by atoms with van der Waals surface area (Å²) < 4.78 is 5.28. The summed E-state index contributed by atoms with van der Waals surface area (Å²) in [4.78, 5) is 12.4. The topological polar surface area (TPSA) is 54.9 Å². The van der Waals surface area contributed by atoms with Gasteiger partial charge >= 0.3 is 0 Å². The number of quaternary nitrogens is 1. The molecule has 0 heterocycles. The van der Waals surface area contributed by atoms with E-state index >= 15 is 0 Å². The van der Waals surface area contributed by atoms with Crippen LogP contribution in [0.2, 0.25) is 0 Å². The first-order valence-electron chi connectivity index (χ1n) is 9.28. The predicted octanol–water partition coefficient (Wildman–Crippen LogP) is 3.72. The van der Waals surface area contributed by atoms with E-state index in [0.717, 1.165) is 0 Å². The molecule has 2 aromatic rings. The second kappa shape index (κ2) is 9.39. The van der Waals surface area contributed by atoms with Crippen molar-refractivity contribution >= 4 is 11.6 Å². The number of amides is 1. The van der Waals surface area contributed by atoms with Crippen LogP contribution < -0.4 is 15.4 Å². The first-order valence-corrected chi connectivity index (χ1v) is 9.28. The zero-order valence-electron chi connectivity index (χ0n) is 16.5. The lowest BCUT2D eigenvalue weighted by Crippen LogP contribution is -2.88. The van der Waals surface area contributed by atoms with Gasteiger partial charge in [0.05, 0.1) is 12.8 Å². The standard InChI is InChI=1S/C22H30N2O2/c1-15(2)17-10-12-18(13-11-17)22(16(3)4)23-14-21(25)24-19-8-6-7-9-20(19)26-5/h6-13,15-16,22-23H,14H2,1-5H3,(H,24,25)/p+1/t22-/m1/s1. The number of ether oxygens (including phenoxy) is 1. The van der Waals surface area contributed by atoms with Gasteiger partial charge in [-0.1, -0.05) is 64.1 Å². The normalized spacial score (nSPS) is 12.3. The van der Waals surface area contributed by atoms with Crippen molar-refractivity contribution in [1.29, 1.82) is 0 Å². The summed E-state index contributed by atoms with van der Waals surface area (Å²) in [6, 6.07) is 16.5. The number of para-hydroxylation sites is 2. The van der Waals surface area contributed by atoms with Gasteiger partial charge in [-0.05, 0) is 23.6 Å². The molecule has 0 aliphatic heterocycles. The van der Waals surface area contributed by atoms with Crippen molar-refractivity contribution in [2.24, 2.45) is 5.92 Å². The highest BCUT2D eigenvalue weighted by Crippen LogP contribution is 2.23. The fourth-order valence-corrected chi connectivity index (χ4v) is 3.08. The van der Waals surface area contributed by atoms with Gasteiger partial charge in [0.25, 0.3) is 5.91 Å². The Morgan fingerprint density at radius 2 is 1.62 bits per heavy atom. The summed E-state index contributed by atoms with van der Waals surface area (Å²) in [7, 11) is 1.60. The Hall–Kier alpha value is -2.33. The minimum atomic E-state index is -0.0287. The van der Waals surface area contributed by atoms with Gasteiger partial charge in [0.2, 0.25) is 0 Å². The van der Waals surface area contributed by atoms with E-state index in [0.29, 0.717) is 29.8 Å². The highest BCUT2D eigenvalue weighted by Gasteiger charge is 2.21. The number of nitrogens with two attached hydrogens (primary N) is 1. The van der Waals surface area contributed by atoms with Gasteiger partial charge in [0.15, 0.2) is 6.54 Å². The lowest BCUT2D eigenvalue weighted by Gasteiger charge is -2.20. The van der Waals surface area contributed by atoms with Crippen LogP contribution in [0.3, 0.4) is 0 Å². The molecule has 0 radical (unpaired) electrons. The van der Waals surface area contributed by atoms with Crippen molar-refractivity contribution < 1.29 is 14.8 Å². The Balaban J connectivity index is 2.00. The van der Waals surface area contributed by atoms with E-state index in [9.17, 15) is 4.79 Å². The molecule has 2 rings (SSSR count). The van der Waals surface area contributed by atoms with Crippen LogP contribution in [-0.4, -0.2) is 19.6 Å². The maximum Gasteiger partial charge on any atom is 0.279 e. The second-order valence-electron chi connectivity index (χ2n) is 7.28. The molecule has 0 saturated carbocycles. The number of carbonyl (C=O) groups is 1. The number of hydrogen-bond donors (Lipinski definition) is 2. The molecule has 140 valence electrons. The summed E-state index contributed by atoms with van der Waals surface area (Å²) >= 11 is 0. The third-order valence-corrected chi connectivity index (χ3v) is 4.64. The molecule has 0 bridgehead atoms. The molecule has 26 heavy (non-hydrogen) atoms. The van der Waals surface area contributed by atoms with Crippen molar-refractivity contribution in [1.82, 2.24) is 0 Å². The van der Waals surface area contributed by atoms with Crippen LogP contribution in [0.25, 0.3) is 0 Å². The number of hydrogen-bond acceptors (Lipinski definition) is 2. The summed E-state index contributed by atoms with van der Waals surface area (Å²) in [5, 5.41) is 5.05. The Bertz CT molecular complexity index is 708.